The molecular weight excluding hydrogens is 322 g/mol. The molecule has 2 nitrogen and oxygen atoms in total. The van der Waals surface area contributed by atoms with Gasteiger partial charge in [-0.2, -0.15) is 0 Å². The normalized spacial score (nSPS) is 12.4. The molecule has 5 heteroatoms. The second kappa shape index (κ2) is 8.11. The lowest BCUT2D eigenvalue weighted by molar-refractivity contribution is 0.0949. The van der Waals surface area contributed by atoms with Crippen molar-refractivity contribution in [1.29, 1.82) is 0 Å². The van der Waals surface area contributed by atoms with Crippen molar-refractivity contribution in [3.8, 4) is 0 Å². The van der Waals surface area contributed by atoms with E-state index in [-0.39, 0.29) is 5.91 Å². The zero-order valence-corrected chi connectivity index (χ0v) is 13.0. The largest absolute Gasteiger partial charge is 0.351 e. The predicted octanol–water partition coefficient (Wildman–Crippen LogP) is 4.29. The fourth-order valence-corrected chi connectivity index (χ4v) is 3.46. The highest BCUT2D eigenvalue weighted by molar-refractivity contribution is 9.10. The number of amides is 1. The van der Waals surface area contributed by atoms with E-state index in [9.17, 15) is 4.79 Å². The van der Waals surface area contributed by atoms with Crippen LogP contribution in [0, 0.1) is 5.92 Å². The van der Waals surface area contributed by atoms with E-state index in [2.05, 4.69) is 28.2 Å². The molecule has 1 aromatic heterocycles. The predicted molar refractivity (Wildman–Crippen MR) is 78.1 cm³/mol. The van der Waals surface area contributed by atoms with Crippen LogP contribution in [0.4, 0.5) is 0 Å². The van der Waals surface area contributed by atoms with E-state index in [0.29, 0.717) is 18.3 Å². The van der Waals surface area contributed by atoms with Gasteiger partial charge >= 0.3 is 0 Å². The summed E-state index contributed by atoms with van der Waals surface area (Å²) in [5, 5.41) is 4.88. The third-order valence-electron chi connectivity index (χ3n) is 2.59. The molecular formula is C12H17BrClNOS. The molecule has 1 amide bonds. The number of hydrogen-bond acceptors (Lipinski definition) is 2. The van der Waals surface area contributed by atoms with E-state index in [4.69, 9.17) is 11.6 Å². The molecule has 1 heterocycles. The molecule has 0 fully saturated rings. The molecule has 1 atom stereocenters. The van der Waals surface area contributed by atoms with Gasteiger partial charge in [0.2, 0.25) is 0 Å². The van der Waals surface area contributed by atoms with Crippen LogP contribution < -0.4 is 5.32 Å². The Balaban J connectivity index is 2.43. The van der Waals surface area contributed by atoms with Crippen LogP contribution in [-0.2, 0) is 0 Å². The van der Waals surface area contributed by atoms with Crippen molar-refractivity contribution in [2.75, 3.05) is 12.4 Å². The molecule has 17 heavy (non-hydrogen) atoms. The number of nitrogens with one attached hydrogen (secondary N) is 1. The second-order valence-corrected chi connectivity index (χ2v) is 6.09. The summed E-state index contributed by atoms with van der Waals surface area (Å²) >= 11 is 10.6. The summed E-state index contributed by atoms with van der Waals surface area (Å²) in [7, 11) is 0. The summed E-state index contributed by atoms with van der Waals surface area (Å²) in [6.07, 6.45) is 3.19. The highest BCUT2D eigenvalue weighted by Gasteiger charge is 2.13. The first-order chi connectivity index (χ1) is 8.19. The van der Waals surface area contributed by atoms with Crippen molar-refractivity contribution in [3.05, 3.63) is 20.8 Å². The minimum atomic E-state index is 0.00236. The highest BCUT2D eigenvalue weighted by atomic mass is 79.9. The van der Waals surface area contributed by atoms with Gasteiger partial charge in [-0.1, -0.05) is 13.3 Å². The second-order valence-electron chi connectivity index (χ2n) is 3.94. The zero-order valence-electron chi connectivity index (χ0n) is 9.84. The summed E-state index contributed by atoms with van der Waals surface area (Å²) in [6, 6.07) is 1.89. The third kappa shape index (κ3) is 4.98. The van der Waals surface area contributed by atoms with E-state index in [1.54, 1.807) is 0 Å². The van der Waals surface area contributed by atoms with Crippen LogP contribution in [0.2, 0.25) is 0 Å². The minimum Gasteiger partial charge on any atom is -0.351 e. The third-order valence-corrected chi connectivity index (χ3v) is 4.64. The van der Waals surface area contributed by atoms with Gasteiger partial charge in [-0.25, -0.2) is 0 Å². The molecule has 1 unspecified atom stereocenters. The minimum absolute atomic E-state index is 0.00236. The number of thiophene rings is 1. The van der Waals surface area contributed by atoms with Crippen molar-refractivity contribution >= 4 is 44.8 Å². The Morgan fingerprint density at radius 3 is 2.88 bits per heavy atom. The summed E-state index contributed by atoms with van der Waals surface area (Å²) in [5.41, 5.74) is 0. The number of halogens is 2. The molecule has 0 saturated heterocycles. The van der Waals surface area contributed by atoms with E-state index >= 15 is 0 Å². The quantitative estimate of drug-likeness (QED) is 0.738. The van der Waals surface area contributed by atoms with Crippen LogP contribution >= 0.6 is 38.9 Å². The molecule has 0 aromatic carbocycles. The average molecular weight is 339 g/mol. The monoisotopic (exact) mass is 337 g/mol. The summed E-state index contributed by atoms with van der Waals surface area (Å²) in [4.78, 5) is 12.6. The smallest absolute Gasteiger partial charge is 0.262 e. The first kappa shape index (κ1) is 15.0. The number of alkyl halides is 1. The zero-order chi connectivity index (χ0) is 12.7. The summed E-state index contributed by atoms with van der Waals surface area (Å²) in [5.74, 6) is 1.14. The van der Waals surface area contributed by atoms with Gasteiger partial charge in [0.05, 0.1) is 0 Å². The first-order valence-corrected chi connectivity index (χ1v) is 7.96. The Labute approximate surface area is 120 Å². The maximum Gasteiger partial charge on any atom is 0.262 e. The standard InChI is InChI=1S/C12H17BrClNOS/c1-2-3-9(4-6-14)8-15-12(16)11-10(13)5-7-17-11/h5,7,9H,2-4,6,8H2,1H3,(H,15,16). The van der Waals surface area contributed by atoms with Gasteiger partial charge in [0, 0.05) is 16.9 Å². The first-order valence-electron chi connectivity index (χ1n) is 5.76. The topological polar surface area (TPSA) is 29.1 Å². The van der Waals surface area contributed by atoms with Crippen molar-refractivity contribution in [3.63, 3.8) is 0 Å². The Kier molecular flexibility index (Phi) is 7.16. The Hall–Kier alpha value is -0.0600. The van der Waals surface area contributed by atoms with E-state index in [1.807, 2.05) is 11.4 Å². The molecule has 0 aliphatic heterocycles. The van der Waals surface area contributed by atoms with Crippen LogP contribution in [0.1, 0.15) is 35.9 Å². The highest BCUT2D eigenvalue weighted by Crippen LogP contribution is 2.22. The SMILES string of the molecule is CCCC(CCCl)CNC(=O)c1sccc1Br. The lowest BCUT2D eigenvalue weighted by Gasteiger charge is -2.15. The molecule has 0 radical (unpaired) electrons. The van der Waals surface area contributed by atoms with Gasteiger partial charge in [0.25, 0.3) is 5.91 Å². The molecule has 0 aliphatic rings. The number of rotatable bonds is 7. The Morgan fingerprint density at radius 2 is 2.35 bits per heavy atom. The number of carbonyl (C=O) groups excluding carboxylic acids is 1. The van der Waals surface area contributed by atoms with Crippen LogP contribution in [0.15, 0.2) is 15.9 Å². The van der Waals surface area contributed by atoms with Crippen molar-refractivity contribution in [2.45, 2.75) is 26.2 Å². The van der Waals surface area contributed by atoms with Crippen molar-refractivity contribution < 1.29 is 4.79 Å². The van der Waals surface area contributed by atoms with Gasteiger partial charge < -0.3 is 5.32 Å². The molecule has 1 N–H and O–H groups in total. The molecule has 1 rings (SSSR count). The molecule has 0 saturated carbocycles. The van der Waals surface area contributed by atoms with Gasteiger partial charge in [-0.05, 0) is 46.1 Å². The van der Waals surface area contributed by atoms with Crippen molar-refractivity contribution in [1.82, 2.24) is 5.32 Å². The molecule has 0 aliphatic carbocycles. The lowest BCUT2D eigenvalue weighted by atomic mass is 10.0. The fraction of sp³-hybridized carbons (Fsp3) is 0.583. The molecule has 96 valence electrons. The van der Waals surface area contributed by atoms with Gasteiger partial charge in [0.15, 0.2) is 0 Å². The Morgan fingerprint density at radius 1 is 1.59 bits per heavy atom. The van der Waals surface area contributed by atoms with E-state index < -0.39 is 0 Å². The lowest BCUT2D eigenvalue weighted by Crippen LogP contribution is -2.29. The van der Waals surface area contributed by atoms with Crippen LogP contribution in [0.3, 0.4) is 0 Å². The van der Waals surface area contributed by atoms with Crippen LogP contribution in [-0.4, -0.2) is 18.3 Å². The maximum absolute atomic E-state index is 11.9. The van der Waals surface area contributed by atoms with E-state index in [0.717, 1.165) is 28.6 Å². The molecule has 1 aromatic rings. The number of hydrogen-bond donors (Lipinski definition) is 1. The summed E-state index contributed by atoms with van der Waals surface area (Å²) in [6.45, 7) is 2.86. The van der Waals surface area contributed by atoms with E-state index in [1.165, 1.54) is 11.3 Å². The molecule has 0 spiro atoms. The van der Waals surface area contributed by atoms with Crippen LogP contribution in [0.5, 0.6) is 0 Å². The average Bonchev–Trinajstić information content (AvgIpc) is 2.72. The molecule has 0 bridgehead atoms. The van der Waals surface area contributed by atoms with Gasteiger partial charge in [-0.15, -0.1) is 22.9 Å². The van der Waals surface area contributed by atoms with Gasteiger partial charge in [0.1, 0.15) is 4.88 Å². The summed E-state index contributed by atoms with van der Waals surface area (Å²) < 4.78 is 0.865. The Bertz CT molecular complexity index is 350. The fourth-order valence-electron chi connectivity index (χ4n) is 1.68. The maximum atomic E-state index is 11.9. The van der Waals surface area contributed by atoms with Crippen LogP contribution in [0.25, 0.3) is 0 Å². The van der Waals surface area contributed by atoms with Crippen molar-refractivity contribution in [2.24, 2.45) is 5.92 Å². The number of carbonyl (C=O) groups is 1. The van der Waals surface area contributed by atoms with Gasteiger partial charge in [-0.3, -0.25) is 4.79 Å².